The van der Waals surface area contributed by atoms with E-state index in [9.17, 15) is 0 Å². The Morgan fingerprint density at radius 2 is 1.74 bits per heavy atom. The second-order valence-electron chi connectivity index (χ2n) is 4.19. The first-order valence-electron chi connectivity index (χ1n) is 6.20. The van der Waals surface area contributed by atoms with E-state index in [1.807, 2.05) is 25.1 Å². The molecule has 0 saturated carbocycles. The molecular weight excluding hydrogens is 281 g/mol. The molecule has 0 aliphatic rings. The zero-order valence-electron chi connectivity index (χ0n) is 10.7. The van der Waals surface area contributed by atoms with E-state index in [2.05, 4.69) is 17.1 Å². The summed E-state index contributed by atoms with van der Waals surface area (Å²) in [4.78, 5) is 4.04. The minimum absolute atomic E-state index is 0.353. The van der Waals surface area contributed by atoms with E-state index in [-0.39, 0.29) is 0 Å². The summed E-state index contributed by atoms with van der Waals surface area (Å²) in [7, 11) is 0. The molecule has 2 rings (SSSR count). The summed E-state index contributed by atoms with van der Waals surface area (Å²) in [6.07, 6.45) is 3.59. The molecule has 0 radical (unpaired) electrons. The molecule has 0 unspecified atom stereocenters. The maximum absolute atomic E-state index is 5.94. The van der Waals surface area contributed by atoms with E-state index in [0.29, 0.717) is 16.8 Å². The van der Waals surface area contributed by atoms with Crippen LogP contribution in [0, 0.1) is 0 Å². The third-order valence-electron chi connectivity index (χ3n) is 2.79. The summed E-state index contributed by atoms with van der Waals surface area (Å²) in [6, 6.07) is 10.0. The summed E-state index contributed by atoms with van der Waals surface area (Å²) in [5.41, 5.74) is 2.35. The number of benzene rings is 1. The van der Waals surface area contributed by atoms with Crippen LogP contribution >= 0.6 is 23.2 Å². The van der Waals surface area contributed by atoms with Crippen molar-refractivity contribution in [1.82, 2.24) is 4.98 Å². The number of hydrogen-bond acceptors (Lipinski definition) is 2. The van der Waals surface area contributed by atoms with Gasteiger partial charge in [-0.3, -0.25) is 0 Å². The Hall–Kier alpha value is -1.25. The van der Waals surface area contributed by atoms with E-state index >= 15 is 0 Å². The van der Waals surface area contributed by atoms with Gasteiger partial charge in [-0.1, -0.05) is 35.3 Å². The molecule has 0 bridgehead atoms. The summed E-state index contributed by atoms with van der Waals surface area (Å²) in [5, 5.41) is 0.859. The molecule has 0 spiro atoms. The lowest BCUT2D eigenvalue weighted by molar-refractivity contribution is 0.340. The van der Waals surface area contributed by atoms with Crippen molar-refractivity contribution in [2.75, 3.05) is 6.61 Å². The Morgan fingerprint density at radius 1 is 1.05 bits per heavy atom. The zero-order chi connectivity index (χ0) is 13.7. The van der Waals surface area contributed by atoms with Crippen LogP contribution in [0.15, 0.2) is 36.5 Å². The summed E-state index contributed by atoms with van der Waals surface area (Å²) in [6.45, 7) is 2.67. The van der Waals surface area contributed by atoms with Gasteiger partial charge in [0.2, 0.25) is 0 Å². The van der Waals surface area contributed by atoms with E-state index in [1.54, 1.807) is 6.20 Å². The van der Waals surface area contributed by atoms with Crippen LogP contribution in [0.25, 0.3) is 0 Å². The molecule has 1 aromatic heterocycles. The van der Waals surface area contributed by atoms with Gasteiger partial charge in [-0.2, -0.15) is 0 Å². The molecule has 0 saturated heterocycles. The Balaban J connectivity index is 1.96. The molecule has 2 aromatic rings. The third-order valence-corrected chi connectivity index (χ3v) is 3.48. The fraction of sp³-hybridized carbons (Fsp3) is 0.267. The smallest absolute Gasteiger partial charge is 0.147 e. The molecule has 0 fully saturated rings. The number of aromatic nitrogens is 1. The van der Waals surface area contributed by atoms with Crippen molar-refractivity contribution in [3.05, 3.63) is 57.8 Å². The molecule has 0 aliphatic carbocycles. The standard InChI is InChI=1S/C15H15Cl2NO/c1-2-19-13-7-5-11(6-8-13)3-4-12-9-14(16)15(17)18-10-12/h5-10H,2-4H2,1H3. The summed E-state index contributed by atoms with van der Waals surface area (Å²) in [5.74, 6) is 0.905. The van der Waals surface area contributed by atoms with Crippen LogP contribution < -0.4 is 4.74 Å². The Bertz CT molecular complexity index is 540. The van der Waals surface area contributed by atoms with Gasteiger partial charge in [0, 0.05) is 6.20 Å². The van der Waals surface area contributed by atoms with Gasteiger partial charge in [0.15, 0.2) is 0 Å². The molecule has 0 N–H and O–H groups in total. The molecule has 0 amide bonds. The first-order valence-corrected chi connectivity index (χ1v) is 6.96. The summed E-state index contributed by atoms with van der Waals surface area (Å²) < 4.78 is 5.41. The molecule has 0 atom stereocenters. The Morgan fingerprint density at radius 3 is 2.37 bits per heavy atom. The highest BCUT2D eigenvalue weighted by molar-refractivity contribution is 6.41. The van der Waals surface area contributed by atoms with Crippen LogP contribution in [0.2, 0.25) is 10.2 Å². The fourth-order valence-electron chi connectivity index (χ4n) is 1.81. The number of ether oxygens (including phenoxy) is 1. The van der Waals surface area contributed by atoms with Gasteiger partial charge < -0.3 is 4.74 Å². The van der Waals surface area contributed by atoms with Crippen LogP contribution in [0.3, 0.4) is 0 Å². The van der Waals surface area contributed by atoms with Crippen LogP contribution in [-0.2, 0) is 12.8 Å². The monoisotopic (exact) mass is 295 g/mol. The van der Waals surface area contributed by atoms with Crippen molar-refractivity contribution >= 4 is 23.2 Å². The summed E-state index contributed by atoms with van der Waals surface area (Å²) >= 11 is 11.7. The lowest BCUT2D eigenvalue weighted by Crippen LogP contribution is -1.94. The van der Waals surface area contributed by atoms with E-state index in [1.165, 1.54) is 5.56 Å². The van der Waals surface area contributed by atoms with Crippen molar-refractivity contribution in [2.45, 2.75) is 19.8 Å². The first kappa shape index (κ1) is 14.2. The number of hydrogen-bond donors (Lipinski definition) is 0. The van der Waals surface area contributed by atoms with Crippen molar-refractivity contribution < 1.29 is 4.74 Å². The van der Waals surface area contributed by atoms with E-state index < -0.39 is 0 Å². The predicted octanol–water partition coefficient (Wildman–Crippen LogP) is 4.57. The number of nitrogens with zero attached hydrogens (tertiary/aromatic N) is 1. The lowest BCUT2D eigenvalue weighted by Gasteiger charge is -2.05. The van der Waals surface area contributed by atoms with Gasteiger partial charge in [0.25, 0.3) is 0 Å². The van der Waals surface area contributed by atoms with Crippen molar-refractivity contribution in [2.24, 2.45) is 0 Å². The van der Waals surface area contributed by atoms with Gasteiger partial charge in [0.1, 0.15) is 10.9 Å². The molecular formula is C15H15Cl2NO. The van der Waals surface area contributed by atoms with Gasteiger partial charge >= 0.3 is 0 Å². The molecule has 1 aromatic carbocycles. The molecule has 2 nitrogen and oxygen atoms in total. The van der Waals surface area contributed by atoms with Gasteiger partial charge in [-0.05, 0) is 49.1 Å². The van der Waals surface area contributed by atoms with E-state index in [4.69, 9.17) is 27.9 Å². The van der Waals surface area contributed by atoms with Crippen LogP contribution in [-0.4, -0.2) is 11.6 Å². The fourth-order valence-corrected chi connectivity index (χ4v) is 2.10. The second kappa shape index (κ2) is 6.78. The molecule has 0 aliphatic heterocycles. The number of aryl methyl sites for hydroxylation is 2. The highest BCUT2D eigenvalue weighted by Gasteiger charge is 2.02. The number of pyridine rings is 1. The molecule has 100 valence electrons. The van der Waals surface area contributed by atoms with Crippen molar-refractivity contribution in [1.29, 1.82) is 0 Å². The normalized spacial score (nSPS) is 10.5. The zero-order valence-corrected chi connectivity index (χ0v) is 12.2. The lowest BCUT2D eigenvalue weighted by atomic mass is 10.1. The average Bonchev–Trinajstić information content (AvgIpc) is 2.42. The molecule has 4 heteroatoms. The maximum atomic E-state index is 5.94. The average molecular weight is 296 g/mol. The minimum Gasteiger partial charge on any atom is -0.494 e. The highest BCUT2D eigenvalue weighted by atomic mass is 35.5. The third kappa shape index (κ3) is 4.12. The van der Waals surface area contributed by atoms with Crippen LogP contribution in [0.1, 0.15) is 18.1 Å². The number of halogens is 2. The van der Waals surface area contributed by atoms with Crippen LogP contribution in [0.5, 0.6) is 5.75 Å². The Kier molecular flexibility index (Phi) is 5.06. The van der Waals surface area contributed by atoms with Crippen molar-refractivity contribution in [3.8, 4) is 5.75 Å². The van der Waals surface area contributed by atoms with Crippen molar-refractivity contribution in [3.63, 3.8) is 0 Å². The minimum atomic E-state index is 0.353. The Labute approximate surface area is 123 Å². The largest absolute Gasteiger partial charge is 0.494 e. The quantitative estimate of drug-likeness (QED) is 0.754. The van der Waals surface area contributed by atoms with Gasteiger partial charge in [-0.25, -0.2) is 4.98 Å². The maximum Gasteiger partial charge on any atom is 0.147 e. The first-order chi connectivity index (χ1) is 9.19. The van der Waals surface area contributed by atoms with Gasteiger partial charge in [-0.15, -0.1) is 0 Å². The molecule has 1 heterocycles. The van der Waals surface area contributed by atoms with Crippen LogP contribution in [0.4, 0.5) is 0 Å². The second-order valence-corrected chi connectivity index (χ2v) is 4.96. The van der Waals surface area contributed by atoms with Gasteiger partial charge in [0.05, 0.1) is 11.6 Å². The highest BCUT2D eigenvalue weighted by Crippen LogP contribution is 2.21. The SMILES string of the molecule is CCOc1ccc(CCc2cnc(Cl)c(Cl)c2)cc1. The molecule has 19 heavy (non-hydrogen) atoms. The predicted molar refractivity (Wildman–Crippen MR) is 79.3 cm³/mol. The van der Waals surface area contributed by atoms with E-state index in [0.717, 1.165) is 24.2 Å². The number of rotatable bonds is 5. The topological polar surface area (TPSA) is 22.1 Å².